The van der Waals surface area contributed by atoms with Gasteiger partial charge in [-0.1, -0.05) is 12.5 Å². The van der Waals surface area contributed by atoms with Gasteiger partial charge in [0.2, 0.25) is 0 Å². The van der Waals surface area contributed by atoms with E-state index in [1.54, 1.807) is 12.1 Å². The van der Waals surface area contributed by atoms with E-state index in [1.165, 1.54) is 12.8 Å². The zero-order chi connectivity index (χ0) is 10.7. The van der Waals surface area contributed by atoms with E-state index in [-0.39, 0.29) is 5.75 Å². The van der Waals surface area contributed by atoms with E-state index >= 15 is 0 Å². The summed E-state index contributed by atoms with van der Waals surface area (Å²) < 4.78 is 0. The predicted octanol–water partition coefficient (Wildman–Crippen LogP) is 2.02. The van der Waals surface area contributed by atoms with Gasteiger partial charge >= 0.3 is 0 Å². The summed E-state index contributed by atoms with van der Waals surface area (Å²) in [6, 6.07) is 5.57. The van der Waals surface area contributed by atoms with Crippen LogP contribution in [0, 0.1) is 0 Å². The minimum atomic E-state index is 0.0598. The minimum Gasteiger partial charge on any atom is -0.507 e. The maximum atomic E-state index is 10.7. The van der Waals surface area contributed by atoms with Gasteiger partial charge < -0.3 is 10.4 Å². The molecule has 0 amide bonds. The van der Waals surface area contributed by atoms with E-state index in [0.717, 1.165) is 18.5 Å². The van der Waals surface area contributed by atoms with Gasteiger partial charge in [-0.15, -0.1) is 0 Å². The van der Waals surface area contributed by atoms with Crippen LogP contribution in [-0.2, 0) is 0 Å². The maximum absolute atomic E-state index is 10.7. The van der Waals surface area contributed by atoms with Crippen LogP contribution >= 0.6 is 0 Å². The number of phenolic OH excluding ortho intramolecular Hbond substituents is 1. The predicted molar refractivity (Wildman–Crippen MR) is 58.1 cm³/mol. The second-order valence-corrected chi connectivity index (χ2v) is 3.94. The SMILES string of the molecule is O=Cc1cc(C2CCCCN2)ccc1O. The zero-order valence-corrected chi connectivity index (χ0v) is 8.57. The van der Waals surface area contributed by atoms with Gasteiger partial charge in [0.1, 0.15) is 5.75 Å². The molecule has 0 aromatic heterocycles. The Balaban J connectivity index is 2.23. The number of hydrogen-bond donors (Lipinski definition) is 2. The number of carbonyl (C=O) groups excluding carboxylic acids is 1. The molecule has 1 saturated heterocycles. The van der Waals surface area contributed by atoms with Crippen LogP contribution in [0.15, 0.2) is 18.2 Å². The molecule has 80 valence electrons. The fourth-order valence-electron chi connectivity index (χ4n) is 2.02. The highest BCUT2D eigenvalue weighted by Crippen LogP contribution is 2.26. The molecule has 1 aliphatic heterocycles. The van der Waals surface area contributed by atoms with Crippen LogP contribution < -0.4 is 5.32 Å². The molecule has 1 fully saturated rings. The number of rotatable bonds is 2. The van der Waals surface area contributed by atoms with Crippen molar-refractivity contribution in [1.82, 2.24) is 5.32 Å². The van der Waals surface area contributed by atoms with Crippen molar-refractivity contribution in [2.45, 2.75) is 25.3 Å². The molecule has 0 aliphatic carbocycles. The third-order valence-corrected chi connectivity index (χ3v) is 2.89. The molecule has 0 radical (unpaired) electrons. The highest BCUT2D eigenvalue weighted by molar-refractivity contribution is 5.79. The van der Waals surface area contributed by atoms with Crippen LogP contribution in [-0.4, -0.2) is 17.9 Å². The van der Waals surface area contributed by atoms with Crippen LogP contribution in [0.5, 0.6) is 5.75 Å². The number of piperidine rings is 1. The molecule has 15 heavy (non-hydrogen) atoms. The first kappa shape index (κ1) is 10.2. The standard InChI is InChI=1S/C12H15NO2/c14-8-10-7-9(4-5-12(10)15)11-3-1-2-6-13-11/h4-5,7-8,11,13,15H,1-3,6H2. The van der Waals surface area contributed by atoms with Gasteiger partial charge in [-0.3, -0.25) is 4.79 Å². The molecular weight excluding hydrogens is 190 g/mol. The molecule has 3 nitrogen and oxygen atoms in total. The summed E-state index contributed by atoms with van der Waals surface area (Å²) in [6.45, 7) is 1.03. The van der Waals surface area contributed by atoms with Crippen molar-refractivity contribution in [2.75, 3.05) is 6.54 Å². The summed E-state index contributed by atoms with van der Waals surface area (Å²) in [6.07, 6.45) is 4.23. The molecule has 1 heterocycles. The topological polar surface area (TPSA) is 49.3 Å². The zero-order valence-electron chi connectivity index (χ0n) is 8.57. The normalized spacial score (nSPS) is 21.2. The highest BCUT2D eigenvalue weighted by atomic mass is 16.3. The van der Waals surface area contributed by atoms with Crippen molar-refractivity contribution in [1.29, 1.82) is 0 Å². The molecule has 1 atom stereocenters. The molecule has 1 aliphatic rings. The summed E-state index contributed by atoms with van der Waals surface area (Å²) in [5.41, 5.74) is 1.47. The maximum Gasteiger partial charge on any atom is 0.153 e. The molecule has 2 N–H and O–H groups in total. The number of aromatic hydroxyl groups is 1. The number of phenols is 1. The van der Waals surface area contributed by atoms with E-state index in [1.807, 2.05) is 6.07 Å². The molecule has 1 unspecified atom stereocenters. The Morgan fingerprint density at radius 2 is 2.27 bits per heavy atom. The van der Waals surface area contributed by atoms with Crippen LogP contribution in [0.3, 0.4) is 0 Å². The van der Waals surface area contributed by atoms with E-state index in [4.69, 9.17) is 0 Å². The number of aldehydes is 1. The summed E-state index contributed by atoms with van der Waals surface area (Å²) in [4.78, 5) is 10.7. The van der Waals surface area contributed by atoms with E-state index in [0.29, 0.717) is 17.9 Å². The van der Waals surface area contributed by atoms with Crippen LogP contribution in [0.4, 0.5) is 0 Å². The molecule has 2 rings (SSSR count). The lowest BCUT2D eigenvalue weighted by Gasteiger charge is -2.24. The lowest BCUT2D eigenvalue weighted by molar-refractivity contribution is 0.112. The number of benzene rings is 1. The molecule has 0 spiro atoms. The van der Waals surface area contributed by atoms with Crippen molar-refractivity contribution >= 4 is 6.29 Å². The molecule has 0 saturated carbocycles. The average molecular weight is 205 g/mol. The Morgan fingerprint density at radius 3 is 2.93 bits per heavy atom. The fourth-order valence-corrected chi connectivity index (χ4v) is 2.02. The first-order valence-electron chi connectivity index (χ1n) is 5.33. The van der Waals surface area contributed by atoms with E-state index < -0.39 is 0 Å². The molecular formula is C12H15NO2. The summed E-state index contributed by atoms with van der Waals surface area (Å²) in [5.74, 6) is 0.0598. The quantitative estimate of drug-likeness (QED) is 0.726. The lowest BCUT2D eigenvalue weighted by atomic mass is 9.96. The molecule has 3 heteroatoms. The Morgan fingerprint density at radius 1 is 1.40 bits per heavy atom. The van der Waals surface area contributed by atoms with Crippen LogP contribution in [0.2, 0.25) is 0 Å². The van der Waals surface area contributed by atoms with Crippen molar-refractivity contribution in [3.63, 3.8) is 0 Å². The Hall–Kier alpha value is -1.35. The van der Waals surface area contributed by atoms with Gasteiger partial charge in [0.05, 0.1) is 5.56 Å². The van der Waals surface area contributed by atoms with Gasteiger partial charge in [0.15, 0.2) is 6.29 Å². The number of nitrogens with one attached hydrogen (secondary N) is 1. The van der Waals surface area contributed by atoms with Crippen molar-refractivity contribution in [3.8, 4) is 5.75 Å². The molecule has 0 bridgehead atoms. The average Bonchev–Trinajstić information content (AvgIpc) is 2.31. The molecule has 1 aromatic rings. The number of carbonyl (C=O) groups is 1. The van der Waals surface area contributed by atoms with Gasteiger partial charge in [0.25, 0.3) is 0 Å². The highest BCUT2D eigenvalue weighted by Gasteiger charge is 2.15. The second-order valence-electron chi connectivity index (χ2n) is 3.94. The minimum absolute atomic E-state index is 0.0598. The van der Waals surface area contributed by atoms with Crippen molar-refractivity contribution in [3.05, 3.63) is 29.3 Å². The van der Waals surface area contributed by atoms with Gasteiger partial charge in [-0.25, -0.2) is 0 Å². The first-order chi connectivity index (χ1) is 7.31. The lowest BCUT2D eigenvalue weighted by Crippen LogP contribution is -2.26. The third kappa shape index (κ3) is 2.18. The van der Waals surface area contributed by atoms with Gasteiger partial charge in [0, 0.05) is 6.04 Å². The van der Waals surface area contributed by atoms with E-state index in [9.17, 15) is 9.90 Å². The Labute approximate surface area is 89.1 Å². The largest absolute Gasteiger partial charge is 0.507 e. The third-order valence-electron chi connectivity index (χ3n) is 2.89. The van der Waals surface area contributed by atoms with Crippen molar-refractivity contribution < 1.29 is 9.90 Å². The first-order valence-corrected chi connectivity index (χ1v) is 5.33. The van der Waals surface area contributed by atoms with Gasteiger partial charge in [-0.05, 0) is 37.1 Å². The Bertz CT molecular complexity index is 357. The summed E-state index contributed by atoms with van der Waals surface area (Å²) in [5, 5.41) is 12.8. The van der Waals surface area contributed by atoms with Crippen molar-refractivity contribution in [2.24, 2.45) is 0 Å². The fraction of sp³-hybridized carbons (Fsp3) is 0.417. The summed E-state index contributed by atoms with van der Waals surface area (Å²) >= 11 is 0. The molecule has 1 aromatic carbocycles. The smallest absolute Gasteiger partial charge is 0.153 e. The van der Waals surface area contributed by atoms with E-state index in [2.05, 4.69) is 5.32 Å². The monoisotopic (exact) mass is 205 g/mol. The Kier molecular flexibility index (Phi) is 3.02. The summed E-state index contributed by atoms with van der Waals surface area (Å²) in [7, 11) is 0. The van der Waals surface area contributed by atoms with Crippen LogP contribution in [0.25, 0.3) is 0 Å². The van der Waals surface area contributed by atoms with Gasteiger partial charge in [-0.2, -0.15) is 0 Å². The number of hydrogen-bond acceptors (Lipinski definition) is 3. The van der Waals surface area contributed by atoms with Crippen LogP contribution in [0.1, 0.15) is 41.2 Å². The second kappa shape index (κ2) is 4.45.